The first-order chi connectivity index (χ1) is 11.8. The van der Waals surface area contributed by atoms with Crippen LogP contribution in [0.15, 0.2) is 59.5 Å². The summed E-state index contributed by atoms with van der Waals surface area (Å²) in [7, 11) is 0. The molecule has 0 spiro atoms. The predicted octanol–water partition coefficient (Wildman–Crippen LogP) is 3.76. The maximum absolute atomic E-state index is 12.7. The van der Waals surface area contributed by atoms with E-state index in [0.29, 0.717) is 0 Å². The molecule has 1 fully saturated rings. The van der Waals surface area contributed by atoms with Gasteiger partial charge in [0, 0.05) is 43.2 Å². The third-order valence-electron chi connectivity index (χ3n) is 4.46. The largest absolute Gasteiger partial charge is 0.337 e. The van der Waals surface area contributed by atoms with Gasteiger partial charge >= 0.3 is 0 Å². The highest BCUT2D eigenvalue weighted by molar-refractivity contribution is 7.98. The van der Waals surface area contributed by atoms with E-state index in [1.807, 2.05) is 35.4 Å². The zero-order chi connectivity index (χ0) is 16.8. The Morgan fingerprint density at radius 2 is 1.71 bits per heavy atom. The standard InChI is InChI=1S/C20H24N2OS/c1-24-19-10-8-18(9-11-19)20(23)22-13-5-12-21(14-15-22)16-17-6-3-2-4-7-17/h2-4,6-11H,5,12-16H2,1H3. The van der Waals surface area contributed by atoms with Crippen molar-refractivity contribution in [2.24, 2.45) is 0 Å². The molecule has 0 radical (unpaired) electrons. The number of carbonyl (C=O) groups is 1. The molecule has 3 rings (SSSR count). The average Bonchev–Trinajstić information content (AvgIpc) is 2.88. The van der Waals surface area contributed by atoms with Gasteiger partial charge in [-0.05, 0) is 42.5 Å². The second kappa shape index (κ2) is 8.36. The summed E-state index contributed by atoms with van der Waals surface area (Å²) in [6, 6.07) is 18.5. The average molecular weight is 340 g/mol. The van der Waals surface area contributed by atoms with Crippen LogP contribution in [-0.4, -0.2) is 48.1 Å². The molecule has 1 aliphatic rings. The summed E-state index contributed by atoms with van der Waals surface area (Å²) in [5, 5.41) is 0. The van der Waals surface area contributed by atoms with Crippen molar-refractivity contribution in [1.82, 2.24) is 9.80 Å². The molecule has 2 aromatic rings. The Balaban J connectivity index is 1.59. The minimum absolute atomic E-state index is 0.157. The fourth-order valence-electron chi connectivity index (χ4n) is 3.09. The minimum Gasteiger partial charge on any atom is -0.337 e. The van der Waals surface area contributed by atoms with E-state index in [0.717, 1.165) is 44.7 Å². The molecule has 0 atom stereocenters. The fourth-order valence-corrected chi connectivity index (χ4v) is 3.50. The highest BCUT2D eigenvalue weighted by Gasteiger charge is 2.20. The number of amides is 1. The second-order valence-electron chi connectivity index (χ2n) is 6.14. The number of rotatable bonds is 4. The van der Waals surface area contributed by atoms with Gasteiger partial charge in [-0.3, -0.25) is 9.69 Å². The van der Waals surface area contributed by atoms with E-state index >= 15 is 0 Å². The Hall–Kier alpha value is -1.78. The quantitative estimate of drug-likeness (QED) is 0.792. The molecular formula is C20H24N2OS. The van der Waals surface area contributed by atoms with Gasteiger partial charge in [-0.25, -0.2) is 0 Å². The van der Waals surface area contributed by atoms with E-state index < -0.39 is 0 Å². The van der Waals surface area contributed by atoms with Crippen molar-refractivity contribution < 1.29 is 4.79 Å². The normalized spacial score (nSPS) is 16.0. The van der Waals surface area contributed by atoms with Gasteiger partial charge in [0.1, 0.15) is 0 Å². The molecule has 0 unspecified atom stereocenters. The highest BCUT2D eigenvalue weighted by atomic mass is 32.2. The Morgan fingerprint density at radius 1 is 0.958 bits per heavy atom. The summed E-state index contributed by atoms with van der Waals surface area (Å²) in [6.07, 6.45) is 3.08. The van der Waals surface area contributed by atoms with Crippen LogP contribution in [0.3, 0.4) is 0 Å². The van der Waals surface area contributed by atoms with E-state index in [2.05, 4.69) is 35.2 Å². The molecule has 0 N–H and O–H groups in total. The van der Waals surface area contributed by atoms with E-state index in [-0.39, 0.29) is 5.91 Å². The lowest BCUT2D eigenvalue weighted by atomic mass is 10.2. The van der Waals surface area contributed by atoms with Crippen LogP contribution in [0.25, 0.3) is 0 Å². The first kappa shape index (κ1) is 17.1. The number of nitrogens with zero attached hydrogens (tertiary/aromatic N) is 2. The maximum Gasteiger partial charge on any atom is 0.253 e. The molecular weight excluding hydrogens is 316 g/mol. The van der Waals surface area contributed by atoms with Crippen LogP contribution in [0.1, 0.15) is 22.3 Å². The summed E-state index contributed by atoms with van der Waals surface area (Å²) in [5.74, 6) is 0.157. The van der Waals surface area contributed by atoms with Crippen LogP contribution in [0.2, 0.25) is 0 Å². The summed E-state index contributed by atoms with van der Waals surface area (Å²) in [6.45, 7) is 4.59. The number of carbonyl (C=O) groups excluding carboxylic acids is 1. The third-order valence-corrected chi connectivity index (χ3v) is 5.21. The van der Waals surface area contributed by atoms with Crippen molar-refractivity contribution in [1.29, 1.82) is 0 Å². The fraction of sp³-hybridized carbons (Fsp3) is 0.350. The Kier molecular flexibility index (Phi) is 5.94. The Bertz CT molecular complexity index is 657. The molecule has 1 saturated heterocycles. The molecule has 0 saturated carbocycles. The van der Waals surface area contributed by atoms with Gasteiger partial charge in [-0.15, -0.1) is 11.8 Å². The van der Waals surface area contributed by atoms with Crippen LogP contribution in [0, 0.1) is 0 Å². The van der Waals surface area contributed by atoms with Crippen molar-refractivity contribution >= 4 is 17.7 Å². The zero-order valence-corrected chi connectivity index (χ0v) is 15.0. The monoisotopic (exact) mass is 340 g/mol. The molecule has 0 bridgehead atoms. The lowest BCUT2D eigenvalue weighted by Crippen LogP contribution is -2.35. The topological polar surface area (TPSA) is 23.6 Å². The van der Waals surface area contributed by atoms with Gasteiger partial charge < -0.3 is 4.90 Å². The van der Waals surface area contributed by atoms with Crippen LogP contribution in [0.5, 0.6) is 0 Å². The van der Waals surface area contributed by atoms with Gasteiger partial charge in [0.05, 0.1) is 0 Å². The van der Waals surface area contributed by atoms with Crippen LogP contribution in [-0.2, 0) is 6.54 Å². The van der Waals surface area contributed by atoms with Crippen molar-refractivity contribution in [3.8, 4) is 0 Å². The van der Waals surface area contributed by atoms with Crippen molar-refractivity contribution in [2.45, 2.75) is 17.9 Å². The van der Waals surface area contributed by atoms with E-state index in [9.17, 15) is 4.79 Å². The molecule has 3 nitrogen and oxygen atoms in total. The molecule has 1 amide bonds. The predicted molar refractivity (Wildman–Crippen MR) is 100 cm³/mol. The molecule has 0 aliphatic carbocycles. The lowest BCUT2D eigenvalue weighted by Gasteiger charge is -2.22. The number of hydrogen-bond donors (Lipinski definition) is 0. The van der Waals surface area contributed by atoms with E-state index in [1.165, 1.54) is 10.5 Å². The van der Waals surface area contributed by atoms with Crippen LogP contribution < -0.4 is 0 Å². The molecule has 0 aromatic heterocycles. The first-order valence-electron chi connectivity index (χ1n) is 8.46. The van der Waals surface area contributed by atoms with Crippen molar-refractivity contribution in [3.05, 3.63) is 65.7 Å². The van der Waals surface area contributed by atoms with Gasteiger partial charge in [0.25, 0.3) is 5.91 Å². The molecule has 1 aliphatic heterocycles. The van der Waals surface area contributed by atoms with Crippen LogP contribution >= 0.6 is 11.8 Å². The van der Waals surface area contributed by atoms with Crippen LogP contribution in [0.4, 0.5) is 0 Å². The molecule has 4 heteroatoms. The number of benzene rings is 2. The molecule has 2 aromatic carbocycles. The third kappa shape index (κ3) is 4.40. The first-order valence-corrected chi connectivity index (χ1v) is 9.68. The minimum atomic E-state index is 0.157. The Morgan fingerprint density at radius 3 is 2.42 bits per heavy atom. The van der Waals surface area contributed by atoms with Gasteiger partial charge in [0.15, 0.2) is 0 Å². The molecule has 126 valence electrons. The SMILES string of the molecule is CSc1ccc(C(=O)N2CCCN(Cc3ccccc3)CC2)cc1. The zero-order valence-electron chi connectivity index (χ0n) is 14.1. The van der Waals surface area contributed by atoms with Crippen molar-refractivity contribution in [3.63, 3.8) is 0 Å². The highest BCUT2D eigenvalue weighted by Crippen LogP contribution is 2.17. The molecule has 24 heavy (non-hydrogen) atoms. The van der Waals surface area contributed by atoms with Gasteiger partial charge in [-0.2, -0.15) is 0 Å². The lowest BCUT2D eigenvalue weighted by molar-refractivity contribution is 0.0761. The smallest absolute Gasteiger partial charge is 0.253 e. The Labute approximate surface area is 148 Å². The number of hydrogen-bond acceptors (Lipinski definition) is 3. The summed E-state index contributed by atoms with van der Waals surface area (Å²) in [5.41, 5.74) is 2.13. The van der Waals surface area contributed by atoms with Crippen molar-refractivity contribution in [2.75, 3.05) is 32.4 Å². The maximum atomic E-state index is 12.7. The summed E-state index contributed by atoms with van der Waals surface area (Å²) >= 11 is 1.70. The van der Waals surface area contributed by atoms with Gasteiger partial charge in [0.2, 0.25) is 0 Å². The van der Waals surface area contributed by atoms with E-state index in [1.54, 1.807) is 11.8 Å². The summed E-state index contributed by atoms with van der Waals surface area (Å²) < 4.78 is 0. The molecule has 1 heterocycles. The van der Waals surface area contributed by atoms with E-state index in [4.69, 9.17) is 0 Å². The number of thioether (sulfide) groups is 1. The van der Waals surface area contributed by atoms with Gasteiger partial charge in [-0.1, -0.05) is 30.3 Å². The summed E-state index contributed by atoms with van der Waals surface area (Å²) in [4.78, 5) is 18.4. The second-order valence-corrected chi connectivity index (χ2v) is 7.02.